The Balaban J connectivity index is 1.98. The molecule has 0 N–H and O–H groups in total. The minimum Gasteiger partial charge on any atom is -0.325 e. The average molecular weight is 321 g/mol. The first-order chi connectivity index (χ1) is 9.98. The zero-order chi connectivity index (χ0) is 15.3. The molecule has 0 spiro atoms. The Labute approximate surface area is 127 Å². The molecule has 1 aromatic heterocycles. The molecular weight excluding hydrogens is 299 g/mol. The molecule has 0 saturated carbocycles. The van der Waals surface area contributed by atoms with E-state index in [1.807, 2.05) is 11.8 Å². The van der Waals surface area contributed by atoms with E-state index in [2.05, 4.69) is 16.8 Å². The van der Waals surface area contributed by atoms with Gasteiger partial charge in [0.05, 0.1) is 6.54 Å². The summed E-state index contributed by atoms with van der Waals surface area (Å²) in [4.78, 5) is 6.36. The maximum absolute atomic E-state index is 12.5. The van der Waals surface area contributed by atoms with Gasteiger partial charge in [0.15, 0.2) is 0 Å². The zero-order valence-corrected chi connectivity index (χ0v) is 13.1. The molecule has 0 aliphatic carbocycles. The van der Waals surface area contributed by atoms with Gasteiger partial charge < -0.3 is 4.57 Å². The summed E-state index contributed by atoms with van der Waals surface area (Å²) in [5, 5.41) is 0.587. The molecule has 1 aliphatic heterocycles. The average Bonchev–Trinajstić information content (AvgIpc) is 2.67. The smallest absolute Gasteiger partial charge is 0.325 e. The van der Waals surface area contributed by atoms with Crippen molar-refractivity contribution in [1.82, 2.24) is 14.5 Å². The Morgan fingerprint density at radius 3 is 2.90 bits per heavy atom. The number of imidazole rings is 1. The molecule has 7 heteroatoms. The highest BCUT2D eigenvalue weighted by atomic mass is 32.2. The van der Waals surface area contributed by atoms with Crippen LogP contribution in [0.2, 0.25) is 0 Å². The Morgan fingerprint density at radius 1 is 1.38 bits per heavy atom. The van der Waals surface area contributed by atoms with Gasteiger partial charge in [-0.3, -0.25) is 4.90 Å². The monoisotopic (exact) mass is 321 g/mol. The first-order valence-electron chi connectivity index (χ1n) is 7.38. The molecule has 1 unspecified atom stereocenters. The van der Waals surface area contributed by atoms with E-state index in [1.165, 1.54) is 29.8 Å². The summed E-state index contributed by atoms with van der Waals surface area (Å²) >= 11 is 1.95. The van der Waals surface area contributed by atoms with Crippen molar-refractivity contribution in [2.75, 3.05) is 18.8 Å². The van der Waals surface area contributed by atoms with Gasteiger partial charge in [-0.1, -0.05) is 13.3 Å². The van der Waals surface area contributed by atoms with Gasteiger partial charge in [-0.25, -0.2) is 4.98 Å². The number of thioether (sulfide) groups is 1. The lowest BCUT2D eigenvalue weighted by Gasteiger charge is -2.24. The van der Waals surface area contributed by atoms with Gasteiger partial charge in [0.1, 0.15) is 12.4 Å². The van der Waals surface area contributed by atoms with E-state index in [9.17, 15) is 13.2 Å². The fourth-order valence-electron chi connectivity index (χ4n) is 2.72. The van der Waals surface area contributed by atoms with Crippen LogP contribution in [0, 0.1) is 0 Å². The summed E-state index contributed by atoms with van der Waals surface area (Å²) in [5.41, 5.74) is 0. The van der Waals surface area contributed by atoms with Crippen LogP contribution in [0.15, 0.2) is 12.4 Å². The van der Waals surface area contributed by atoms with Crippen LogP contribution < -0.4 is 0 Å². The molecule has 0 bridgehead atoms. The molecule has 1 aromatic rings. The molecule has 0 amide bonds. The Kier molecular flexibility index (Phi) is 5.98. The molecule has 0 radical (unpaired) electrons. The van der Waals surface area contributed by atoms with Crippen LogP contribution in [0.4, 0.5) is 13.2 Å². The van der Waals surface area contributed by atoms with Crippen molar-refractivity contribution in [3.63, 3.8) is 0 Å². The normalized spacial score (nSPS) is 21.4. The van der Waals surface area contributed by atoms with E-state index in [0.717, 1.165) is 25.3 Å². The van der Waals surface area contributed by atoms with Crippen LogP contribution in [0.5, 0.6) is 0 Å². The maximum atomic E-state index is 12.5. The number of likely N-dealkylation sites (tertiary alicyclic amines) is 1. The van der Waals surface area contributed by atoms with Gasteiger partial charge >= 0.3 is 6.18 Å². The van der Waals surface area contributed by atoms with Crippen LogP contribution in [0.1, 0.15) is 32.0 Å². The second-order valence-electron chi connectivity index (χ2n) is 5.39. The van der Waals surface area contributed by atoms with Gasteiger partial charge in [0.2, 0.25) is 0 Å². The summed E-state index contributed by atoms with van der Waals surface area (Å²) in [6.45, 7) is 3.58. The first kappa shape index (κ1) is 16.7. The third-order valence-electron chi connectivity index (χ3n) is 3.63. The summed E-state index contributed by atoms with van der Waals surface area (Å²) in [6.07, 6.45) is 2.18. The highest BCUT2D eigenvalue weighted by Gasteiger charge is 2.29. The highest BCUT2D eigenvalue weighted by Crippen LogP contribution is 2.23. The standard InChI is InChI=1S/C14H22F3N3S/c1-2-21-12-5-3-4-7-19(9-12)10-13-18-6-8-20(13)11-14(15,16)17/h6,8,12H,2-5,7,9-11H2,1H3. The fraction of sp³-hybridized carbons (Fsp3) is 0.786. The number of hydrogen-bond acceptors (Lipinski definition) is 3. The lowest BCUT2D eigenvalue weighted by Crippen LogP contribution is -2.31. The predicted octanol–water partition coefficient (Wildman–Crippen LogP) is 3.55. The van der Waals surface area contributed by atoms with Gasteiger partial charge in [0.25, 0.3) is 0 Å². The highest BCUT2D eigenvalue weighted by molar-refractivity contribution is 7.99. The minimum absolute atomic E-state index is 0.504. The SMILES string of the molecule is CCSC1CCCCN(Cc2nccn2CC(F)(F)F)C1. The maximum Gasteiger partial charge on any atom is 0.406 e. The Morgan fingerprint density at radius 2 is 2.19 bits per heavy atom. The molecule has 2 heterocycles. The van der Waals surface area contributed by atoms with Crippen LogP contribution >= 0.6 is 11.8 Å². The predicted molar refractivity (Wildman–Crippen MR) is 79.3 cm³/mol. The molecule has 1 saturated heterocycles. The number of hydrogen-bond donors (Lipinski definition) is 0. The lowest BCUT2D eigenvalue weighted by atomic mass is 10.2. The molecule has 1 aliphatic rings. The van der Waals surface area contributed by atoms with Crippen molar-refractivity contribution in [1.29, 1.82) is 0 Å². The fourth-order valence-corrected chi connectivity index (χ4v) is 3.84. The van der Waals surface area contributed by atoms with Crippen molar-refractivity contribution in [2.45, 2.75) is 50.7 Å². The minimum atomic E-state index is -4.20. The largest absolute Gasteiger partial charge is 0.406 e. The van der Waals surface area contributed by atoms with E-state index in [4.69, 9.17) is 0 Å². The first-order valence-corrected chi connectivity index (χ1v) is 8.43. The molecule has 120 valence electrons. The van der Waals surface area contributed by atoms with E-state index in [1.54, 1.807) is 0 Å². The van der Waals surface area contributed by atoms with E-state index < -0.39 is 12.7 Å². The molecule has 0 aromatic carbocycles. The van der Waals surface area contributed by atoms with E-state index in [0.29, 0.717) is 17.6 Å². The van der Waals surface area contributed by atoms with Crippen molar-refractivity contribution in [2.24, 2.45) is 0 Å². The molecule has 2 rings (SSSR count). The molecule has 3 nitrogen and oxygen atoms in total. The number of aromatic nitrogens is 2. The topological polar surface area (TPSA) is 21.1 Å². The van der Waals surface area contributed by atoms with Crippen LogP contribution in [-0.2, 0) is 13.1 Å². The molecule has 1 fully saturated rings. The van der Waals surface area contributed by atoms with Gasteiger partial charge in [-0.15, -0.1) is 0 Å². The lowest BCUT2D eigenvalue weighted by molar-refractivity contribution is -0.141. The third kappa shape index (κ3) is 5.54. The van der Waals surface area contributed by atoms with Gasteiger partial charge in [0, 0.05) is 24.2 Å². The van der Waals surface area contributed by atoms with Crippen LogP contribution in [0.3, 0.4) is 0 Å². The quantitative estimate of drug-likeness (QED) is 0.827. The van der Waals surface area contributed by atoms with Gasteiger partial charge in [-0.05, 0) is 25.1 Å². The second-order valence-corrected chi connectivity index (χ2v) is 6.97. The van der Waals surface area contributed by atoms with Crippen molar-refractivity contribution >= 4 is 11.8 Å². The van der Waals surface area contributed by atoms with Crippen molar-refractivity contribution < 1.29 is 13.2 Å². The van der Waals surface area contributed by atoms with Crippen molar-refractivity contribution in [3.05, 3.63) is 18.2 Å². The second kappa shape index (κ2) is 7.54. The van der Waals surface area contributed by atoms with Gasteiger partial charge in [-0.2, -0.15) is 24.9 Å². The van der Waals surface area contributed by atoms with Crippen LogP contribution in [-0.4, -0.2) is 44.7 Å². The summed E-state index contributed by atoms with van der Waals surface area (Å²) in [5.74, 6) is 1.59. The number of alkyl halides is 3. The zero-order valence-electron chi connectivity index (χ0n) is 12.3. The van der Waals surface area contributed by atoms with Crippen LogP contribution in [0.25, 0.3) is 0 Å². The molecular formula is C14H22F3N3S. The van der Waals surface area contributed by atoms with E-state index in [-0.39, 0.29) is 0 Å². The Bertz CT molecular complexity index is 433. The summed E-state index contributed by atoms with van der Waals surface area (Å²) in [7, 11) is 0. The Hall–Kier alpha value is -0.690. The van der Waals surface area contributed by atoms with Crippen molar-refractivity contribution in [3.8, 4) is 0 Å². The molecule has 1 atom stereocenters. The third-order valence-corrected chi connectivity index (χ3v) is 4.82. The number of rotatable bonds is 5. The van der Waals surface area contributed by atoms with E-state index >= 15 is 0 Å². The number of nitrogens with zero attached hydrogens (tertiary/aromatic N) is 3. The summed E-state index contributed by atoms with van der Waals surface area (Å²) in [6, 6.07) is 0. The number of halogens is 3. The molecule has 21 heavy (non-hydrogen) atoms. The summed E-state index contributed by atoms with van der Waals surface area (Å²) < 4.78 is 38.8.